The lowest BCUT2D eigenvalue weighted by Gasteiger charge is -2.31. The van der Waals surface area contributed by atoms with Crippen molar-refractivity contribution in [2.45, 2.75) is 18.9 Å². The highest BCUT2D eigenvalue weighted by atomic mass is 35.5. The van der Waals surface area contributed by atoms with Crippen LogP contribution in [-0.2, 0) is 4.79 Å². The van der Waals surface area contributed by atoms with Gasteiger partial charge < -0.3 is 19.7 Å². The molecule has 2 atom stereocenters. The molecule has 0 spiro atoms. The van der Waals surface area contributed by atoms with E-state index < -0.39 is 6.10 Å². The number of fused-ring (bicyclic) bond motifs is 1. The van der Waals surface area contributed by atoms with Gasteiger partial charge in [0.05, 0.1) is 0 Å². The molecule has 122 valence electrons. The number of benzene rings is 1. The molecule has 0 saturated carbocycles. The fourth-order valence-corrected chi connectivity index (χ4v) is 2.94. The highest BCUT2D eigenvalue weighted by Crippen LogP contribution is 2.31. The zero-order valence-electron chi connectivity index (χ0n) is 12.8. The molecule has 2 aliphatic heterocycles. The summed E-state index contributed by atoms with van der Waals surface area (Å²) in [5, 5.41) is 3.38. The average molecular weight is 327 g/mol. The molecule has 1 fully saturated rings. The summed E-state index contributed by atoms with van der Waals surface area (Å²) >= 11 is 0. The predicted octanol–water partition coefficient (Wildman–Crippen LogP) is 1.71. The quantitative estimate of drug-likeness (QED) is 0.918. The standard InChI is InChI=1S/C16H22N2O3.ClH/c1-18(10-12-5-4-8-17-9-12)16(19)15-11-20-13-6-2-3-7-14(13)21-15;/h2-3,6-7,12,15,17H,4-5,8-11H2,1H3;1H. The lowest BCUT2D eigenvalue weighted by atomic mass is 9.99. The van der Waals surface area contributed by atoms with Crippen LogP contribution in [0, 0.1) is 5.92 Å². The van der Waals surface area contributed by atoms with Crippen LogP contribution in [0.4, 0.5) is 0 Å². The van der Waals surface area contributed by atoms with Gasteiger partial charge in [-0.3, -0.25) is 4.79 Å². The number of amides is 1. The molecule has 0 bridgehead atoms. The van der Waals surface area contributed by atoms with Gasteiger partial charge in [0.15, 0.2) is 11.5 Å². The van der Waals surface area contributed by atoms with Gasteiger partial charge in [0.25, 0.3) is 5.91 Å². The van der Waals surface area contributed by atoms with E-state index in [9.17, 15) is 4.79 Å². The summed E-state index contributed by atoms with van der Waals surface area (Å²) in [7, 11) is 1.85. The number of hydrogen-bond acceptors (Lipinski definition) is 4. The summed E-state index contributed by atoms with van der Waals surface area (Å²) in [5.41, 5.74) is 0. The summed E-state index contributed by atoms with van der Waals surface area (Å²) in [6, 6.07) is 7.46. The van der Waals surface area contributed by atoms with E-state index in [2.05, 4.69) is 5.32 Å². The minimum atomic E-state index is -0.540. The van der Waals surface area contributed by atoms with Crippen LogP contribution < -0.4 is 14.8 Å². The Kier molecular flexibility index (Phi) is 5.91. The van der Waals surface area contributed by atoms with Crippen molar-refractivity contribution in [3.8, 4) is 11.5 Å². The second kappa shape index (κ2) is 7.70. The number of rotatable bonds is 3. The third-order valence-electron chi connectivity index (χ3n) is 4.09. The van der Waals surface area contributed by atoms with E-state index in [1.807, 2.05) is 31.3 Å². The summed E-state index contributed by atoms with van der Waals surface area (Å²) in [6.07, 6.45) is 1.82. The predicted molar refractivity (Wildman–Crippen MR) is 86.8 cm³/mol. The first-order chi connectivity index (χ1) is 10.2. The first kappa shape index (κ1) is 16.9. The van der Waals surface area contributed by atoms with Gasteiger partial charge in [0, 0.05) is 13.6 Å². The molecule has 1 amide bonds. The number of para-hydroxylation sites is 2. The zero-order chi connectivity index (χ0) is 14.7. The largest absolute Gasteiger partial charge is 0.485 e. The van der Waals surface area contributed by atoms with Crippen LogP contribution in [0.15, 0.2) is 24.3 Å². The monoisotopic (exact) mass is 326 g/mol. The van der Waals surface area contributed by atoms with Crippen molar-refractivity contribution in [3.63, 3.8) is 0 Å². The topological polar surface area (TPSA) is 50.8 Å². The normalized spacial score (nSPS) is 23.3. The lowest BCUT2D eigenvalue weighted by molar-refractivity contribution is -0.140. The SMILES string of the molecule is CN(CC1CCCNC1)C(=O)C1COc2ccccc2O1.Cl. The molecule has 1 aromatic rings. The highest BCUT2D eigenvalue weighted by Gasteiger charge is 2.30. The van der Waals surface area contributed by atoms with Gasteiger partial charge in [-0.05, 0) is 44.0 Å². The molecular weight excluding hydrogens is 304 g/mol. The Morgan fingerprint density at radius 2 is 2.14 bits per heavy atom. The second-order valence-corrected chi connectivity index (χ2v) is 5.80. The molecule has 1 saturated heterocycles. The molecule has 22 heavy (non-hydrogen) atoms. The number of carbonyl (C=O) groups excluding carboxylic acids is 1. The Labute approximate surface area is 137 Å². The fraction of sp³-hybridized carbons (Fsp3) is 0.562. The van der Waals surface area contributed by atoms with Crippen LogP contribution in [0.25, 0.3) is 0 Å². The number of likely N-dealkylation sites (N-methyl/N-ethyl adjacent to an activating group) is 1. The van der Waals surface area contributed by atoms with Gasteiger partial charge in [0.2, 0.25) is 6.10 Å². The molecule has 0 aliphatic carbocycles. The van der Waals surface area contributed by atoms with E-state index in [1.165, 1.54) is 12.8 Å². The third-order valence-corrected chi connectivity index (χ3v) is 4.09. The smallest absolute Gasteiger partial charge is 0.267 e. The molecule has 6 heteroatoms. The van der Waals surface area contributed by atoms with Crippen LogP contribution in [-0.4, -0.2) is 50.2 Å². The van der Waals surface area contributed by atoms with Crippen molar-refractivity contribution in [2.24, 2.45) is 5.92 Å². The summed E-state index contributed by atoms with van der Waals surface area (Å²) in [4.78, 5) is 14.3. The maximum atomic E-state index is 12.5. The Bertz CT molecular complexity index is 506. The van der Waals surface area contributed by atoms with Gasteiger partial charge in [-0.2, -0.15) is 0 Å². The van der Waals surface area contributed by atoms with Gasteiger partial charge >= 0.3 is 0 Å². The van der Waals surface area contributed by atoms with Crippen LogP contribution in [0.5, 0.6) is 11.5 Å². The Morgan fingerprint density at radius 1 is 1.36 bits per heavy atom. The Hall–Kier alpha value is -1.46. The van der Waals surface area contributed by atoms with Crippen molar-refractivity contribution < 1.29 is 14.3 Å². The van der Waals surface area contributed by atoms with E-state index in [0.717, 1.165) is 19.6 Å². The van der Waals surface area contributed by atoms with Crippen LogP contribution in [0.3, 0.4) is 0 Å². The Balaban J connectivity index is 0.00000176. The first-order valence-electron chi connectivity index (χ1n) is 7.58. The van der Waals surface area contributed by atoms with Crippen molar-refractivity contribution in [2.75, 3.05) is 33.3 Å². The molecule has 0 radical (unpaired) electrons. The zero-order valence-corrected chi connectivity index (χ0v) is 13.6. The fourth-order valence-electron chi connectivity index (χ4n) is 2.94. The summed E-state index contributed by atoms with van der Waals surface area (Å²) in [6.45, 7) is 3.13. The molecular formula is C16H23ClN2O3. The van der Waals surface area contributed by atoms with Crippen LogP contribution >= 0.6 is 12.4 Å². The average Bonchev–Trinajstić information content (AvgIpc) is 2.54. The maximum absolute atomic E-state index is 12.5. The van der Waals surface area contributed by atoms with Crippen molar-refractivity contribution >= 4 is 18.3 Å². The Morgan fingerprint density at radius 3 is 2.86 bits per heavy atom. The second-order valence-electron chi connectivity index (χ2n) is 5.80. The van der Waals surface area contributed by atoms with Gasteiger partial charge in [0.1, 0.15) is 6.61 Å². The molecule has 5 nitrogen and oxygen atoms in total. The number of carbonyl (C=O) groups is 1. The summed E-state index contributed by atoms with van der Waals surface area (Å²) in [5.74, 6) is 1.88. The number of halogens is 1. The van der Waals surface area contributed by atoms with Gasteiger partial charge in [-0.25, -0.2) is 0 Å². The molecule has 2 unspecified atom stereocenters. The van der Waals surface area contributed by atoms with Crippen LogP contribution in [0.2, 0.25) is 0 Å². The number of piperidine rings is 1. The maximum Gasteiger partial charge on any atom is 0.267 e. The van der Waals surface area contributed by atoms with E-state index in [0.29, 0.717) is 17.4 Å². The first-order valence-corrected chi connectivity index (χ1v) is 7.58. The number of hydrogen-bond donors (Lipinski definition) is 1. The van der Waals surface area contributed by atoms with Gasteiger partial charge in [-0.1, -0.05) is 12.1 Å². The molecule has 1 N–H and O–H groups in total. The van der Waals surface area contributed by atoms with Crippen molar-refractivity contribution in [3.05, 3.63) is 24.3 Å². The molecule has 2 aliphatic rings. The number of nitrogens with one attached hydrogen (secondary N) is 1. The lowest BCUT2D eigenvalue weighted by Crippen LogP contribution is -2.47. The summed E-state index contributed by atoms with van der Waals surface area (Å²) < 4.78 is 11.4. The third kappa shape index (κ3) is 3.84. The van der Waals surface area contributed by atoms with Crippen molar-refractivity contribution in [1.82, 2.24) is 10.2 Å². The molecule has 0 aromatic heterocycles. The highest BCUT2D eigenvalue weighted by molar-refractivity contribution is 5.85. The van der Waals surface area contributed by atoms with Gasteiger partial charge in [-0.15, -0.1) is 12.4 Å². The molecule has 3 rings (SSSR count). The number of nitrogens with zero attached hydrogens (tertiary/aromatic N) is 1. The van der Waals surface area contributed by atoms with E-state index >= 15 is 0 Å². The minimum absolute atomic E-state index is 0. The van der Waals surface area contributed by atoms with Crippen molar-refractivity contribution in [1.29, 1.82) is 0 Å². The van der Waals surface area contributed by atoms with E-state index in [1.54, 1.807) is 4.90 Å². The van der Waals surface area contributed by atoms with E-state index in [-0.39, 0.29) is 24.9 Å². The van der Waals surface area contributed by atoms with E-state index in [4.69, 9.17) is 9.47 Å². The molecule has 2 heterocycles. The minimum Gasteiger partial charge on any atom is -0.485 e. The molecule has 1 aromatic carbocycles. The number of ether oxygens (including phenoxy) is 2. The van der Waals surface area contributed by atoms with Crippen LogP contribution in [0.1, 0.15) is 12.8 Å².